The molecule has 33 heavy (non-hydrogen) atoms. The van der Waals surface area contributed by atoms with Crippen molar-refractivity contribution in [1.29, 1.82) is 0 Å². The van der Waals surface area contributed by atoms with Gasteiger partial charge in [-0.2, -0.15) is 0 Å². The van der Waals surface area contributed by atoms with Gasteiger partial charge in [-0.1, -0.05) is 12.1 Å². The molecule has 0 radical (unpaired) electrons. The van der Waals surface area contributed by atoms with Gasteiger partial charge in [0.25, 0.3) is 5.56 Å². The van der Waals surface area contributed by atoms with Crippen LogP contribution in [0.4, 0.5) is 4.39 Å². The molecule has 2 aromatic rings. The number of pyridine rings is 1. The van der Waals surface area contributed by atoms with Crippen molar-refractivity contribution in [1.82, 2.24) is 9.29 Å². The highest BCUT2D eigenvalue weighted by atomic mass is 32.2. The summed E-state index contributed by atoms with van der Waals surface area (Å²) >= 11 is 0. The summed E-state index contributed by atoms with van der Waals surface area (Å²) in [5, 5.41) is 0. The molecule has 2 aliphatic rings. The molecule has 2 aliphatic carbocycles. The van der Waals surface area contributed by atoms with Crippen LogP contribution in [0.15, 0.2) is 41.3 Å². The molecule has 1 aromatic heterocycles. The normalized spacial score (nSPS) is 22.3. The highest BCUT2D eigenvalue weighted by Gasteiger charge is 2.29. The van der Waals surface area contributed by atoms with Crippen molar-refractivity contribution in [3.8, 4) is 0 Å². The van der Waals surface area contributed by atoms with Crippen molar-refractivity contribution in [2.24, 2.45) is 0 Å². The lowest BCUT2D eigenvalue weighted by atomic mass is 9.82. The van der Waals surface area contributed by atoms with Gasteiger partial charge in [0.15, 0.2) is 0 Å². The number of hydrogen-bond donors (Lipinski definition) is 1. The molecule has 4 rings (SSSR count). The van der Waals surface area contributed by atoms with Crippen LogP contribution in [-0.4, -0.2) is 38.5 Å². The van der Waals surface area contributed by atoms with Gasteiger partial charge in [-0.05, 0) is 80.7 Å². The minimum absolute atomic E-state index is 0.0472. The van der Waals surface area contributed by atoms with Crippen LogP contribution in [0.3, 0.4) is 0 Å². The molecule has 1 atom stereocenters. The zero-order chi connectivity index (χ0) is 23.6. The molecule has 0 saturated heterocycles. The maximum absolute atomic E-state index is 13.6. The van der Waals surface area contributed by atoms with Crippen molar-refractivity contribution < 1.29 is 17.5 Å². The van der Waals surface area contributed by atoms with Gasteiger partial charge in [-0.25, -0.2) is 17.5 Å². The number of nitrogens with zero attached hydrogens (tertiary/aromatic N) is 1. The molecular formula is C25H33FN2O4S. The number of hydrogen-bond acceptors (Lipinski definition) is 4. The number of benzene rings is 1. The number of aromatic nitrogens is 1. The highest BCUT2D eigenvalue weighted by Crippen LogP contribution is 2.35. The fraction of sp³-hybridized carbons (Fsp3) is 0.560. The first-order chi connectivity index (χ1) is 15.7. The summed E-state index contributed by atoms with van der Waals surface area (Å²) in [6.45, 7) is 2.36. The predicted molar refractivity (Wildman–Crippen MR) is 127 cm³/mol. The van der Waals surface area contributed by atoms with Crippen molar-refractivity contribution in [3.05, 3.63) is 69.4 Å². The number of rotatable bonds is 9. The quantitative estimate of drug-likeness (QED) is 0.593. The fourth-order valence-electron chi connectivity index (χ4n) is 4.77. The monoisotopic (exact) mass is 476 g/mol. The average molecular weight is 477 g/mol. The Morgan fingerprint density at radius 1 is 1.15 bits per heavy atom. The van der Waals surface area contributed by atoms with Crippen molar-refractivity contribution in [3.63, 3.8) is 0 Å². The average Bonchev–Trinajstić information content (AvgIpc) is 3.60. The van der Waals surface area contributed by atoms with E-state index in [9.17, 15) is 17.6 Å². The summed E-state index contributed by atoms with van der Waals surface area (Å²) in [7, 11) is -3.39. The number of aryl methyl sites for hydroxylation is 1. The zero-order valence-corrected chi connectivity index (χ0v) is 20.1. The second-order valence-electron chi connectivity index (χ2n) is 9.60. The van der Waals surface area contributed by atoms with Gasteiger partial charge in [-0.3, -0.25) is 4.79 Å². The van der Waals surface area contributed by atoms with E-state index in [0.29, 0.717) is 11.5 Å². The Bertz CT molecular complexity index is 1140. The summed E-state index contributed by atoms with van der Waals surface area (Å²) in [5.74, 6) is -0.245. The van der Waals surface area contributed by atoms with E-state index < -0.39 is 10.0 Å². The minimum atomic E-state index is -3.39. The molecule has 8 heteroatoms. The third-order valence-electron chi connectivity index (χ3n) is 6.71. The standard InChI is InChI=1S/C25H33FN2O4S/c1-17-12-24(25(29)28(15-17)22-8-9-22)20(14-27-33(2,30)31)16-32-23-10-6-18(7-11-23)19-4-3-5-21(26)13-19/h3-5,12-13,15,18,20,22-23,27H,6-11,14,16H2,1-2H3/t18-,20?,23+. The first-order valence-corrected chi connectivity index (χ1v) is 13.6. The number of nitrogens with one attached hydrogen (secondary N) is 1. The van der Waals surface area contributed by atoms with Crippen LogP contribution in [-0.2, 0) is 14.8 Å². The first-order valence-electron chi connectivity index (χ1n) is 11.7. The van der Waals surface area contributed by atoms with Gasteiger partial charge in [0.2, 0.25) is 10.0 Å². The van der Waals surface area contributed by atoms with Gasteiger partial charge < -0.3 is 9.30 Å². The number of ether oxygens (including phenoxy) is 1. The summed E-state index contributed by atoms with van der Waals surface area (Å²) in [6, 6.07) is 8.92. The third-order valence-corrected chi connectivity index (χ3v) is 7.40. The number of sulfonamides is 1. The Kier molecular flexibility index (Phi) is 7.36. The van der Waals surface area contributed by atoms with E-state index in [1.165, 1.54) is 6.07 Å². The van der Waals surface area contributed by atoms with E-state index >= 15 is 0 Å². The second kappa shape index (κ2) is 10.1. The molecule has 1 heterocycles. The van der Waals surface area contributed by atoms with Crippen molar-refractivity contribution >= 4 is 10.0 Å². The molecule has 0 bridgehead atoms. The van der Waals surface area contributed by atoms with Crippen LogP contribution in [0, 0.1) is 12.7 Å². The van der Waals surface area contributed by atoms with Crippen molar-refractivity contribution in [2.75, 3.05) is 19.4 Å². The van der Waals surface area contributed by atoms with Gasteiger partial charge in [0.1, 0.15) is 5.82 Å². The Morgan fingerprint density at radius 3 is 2.52 bits per heavy atom. The molecule has 0 aliphatic heterocycles. The van der Waals surface area contributed by atoms with Crippen LogP contribution in [0.2, 0.25) is 0 Å². The predicted octanol–water partition coefficient (Wildman–Crippen LogP) is 4.01. The highest BCUT2D eigenvalue weighted by molar-refractivity contribution is 7.88. The van der Waals surface area contributed by atoms with Crippen molar-refractivity contribution in [2.45, 2.75) is 69.4 Å². The molecule has 2 fully saturated rings. The Hall–Kier alpha value is -2.03. The van der Waals surface area contributed by atoms with Crippen LogP contribution >= 0.6 is 0 Å². The third kappa shape index (κ3) is 6.52. The SMILES string of the molecule is Cc1cc(C(CNS(C)(=O)=O)CO[C@H]2CC[C@@H](c3cccc(F)c3)CC2)c(=O)n(C2CC2)c1. The van der Waals surface area contributed by atoms with E-state index in [1.807, 2.05) is 25.3 Å². The zero-order valence-electron chi connectivity index (χ0n) is 19.3. The van der Waals surface area contributed by atoms with E-state index in [4.69, 9.17) is 4.74 Å². The summed E-state index contributed by atoms with van der Waals surface area (Å²) in [6.07, 6.45) is 8.60. The van der Waals surface area contributed by atoms with Gasteiger partial charge >= 0.3 is 0 Å². The maximum Gasteiger partial charge on any atom is 0.254 e. The smallest absolute Gasteiger partial charge is 0.254 e. The maximum atomic E-state index is 13.6. The molecule has 1 aromatic carbocycles. The molecule has 0 amide bonds. The van der Waals surface area contributed by atoms with E-state index in [-0.39, 0.29) is 42.6 Å². The first kappa shape index (κ1) is 24.1. The summed E-state index contributed by atoms with van der Waals surface area (Å²) < 4.78 is 47.6. The Labute approximate surface area is 195 Å². The molecule has 180 valence electrons. The van der Waals surface area contributed by atoms with Crippen LogP contribution in [0.25, 0.3) is 0 Å². The summed E-state index contributed by atoms with van der Waals surface area (Å²) in [5.41, 5.74) is 2.56. The molecule has 2 saturated carbocycles. The second-order valence-corrected chi connectivity index (χ2v) is 11.4. The van der Waals surface area contributed by atoms with Gasteiger partial charge in [0.05, 0.1) is 19.0 Å². The summed E-state index contributed by atoms with van der Waals surface area (Å²) in [4.78, 5) is 13.1. The lowest BCUT2D eigenvalue weighted by molar-refractivity contribution is 0.0168. The van der Waals surface area contributed by atoms with Gasteiger partial charge in [-0.15, -0.1) is 0 Å². The fourth-order valence-corrected chi connectivity index (χ4v) is 5.28. The molecular weight excluding hydrogens is 443 g/mol. The van der Waals surface area contributed by atoms with Gasteiger partial charge in [0, 0.05) is 30.3 Å². The topological polar surface area (TPSA) is 77.4 Å². The molecule has 1 unspecified atom stereocenters. The lowest BCUT2D eigenvalue weighted by Gasteiger charge is -2.30. The van der Waals surface area contributed by atoms with Crippen LogP contribution in [0.5, 0.6) is 0 Å². The number of halogens is 1. The van der Waals surface area contributed by atoms with E-state index in [1.54, 1.807) is 16.7 Å². The van der Waals surface area contributed by atoms with Crippen LogP contribution < -0.4 is 10.3 Å². The Morgan fingerprint density at radius 2 is 1.88 bits per heavy atom. The molecule has 0 spiro atoms. The van der Waals surface area contributed by atoms with E-state index in [0.717, 1.165) is 55.9 Å². The molecule has 1 N–H and O–H groups in total. The van der Waals surface area contributed by atoms with E-state index in [2.05, 4.69) is 4.72 Å². The largest absolute Gasteiger partial charge is 0.378 e. The Balaban J connectivity index is 1.43. The van der Waals surface area contributed by atoms with Crippen LogP contribution in [0.1, 0.15) is 73.1 Å². The minimum Gasteiger partial charge on any atom is -0.378 e. The lowest BCUT2D eigenvalue weighted by Crippen LogP contribution is -2.35. The molecule has 6 nitrogen and oxygen atoms in total.